The molecule has 3 rings (SSSR count). The van der Waals surface area contributed by atoms with E-state index in [1.54, 1.807) is 7.11 Å². The van der Waals surface area contributed by atoms with Crippen molar-refractivity contribution in [3.05, 3.63) is 53.1 Å². The second kappa shape index (κ2) is 8.01. The number of aromatic nitrogens is 2. The number of halogens is 1. The highest BCUT2D eigenvalue weighted by atomic mass is 35.5. The number of carbonyl (C=O) groups is 1. The number of aryl methyl sites for hydroxylation is 1. The number of hydrogen-bond donors (Lipinski definition) is 1. The van der Waals surface area contributed by atoms with Crippen LogP contribution in [-0.2, 0) is 18.4 Å². The van der Waals surface area contributed by atoms with Gasteiger partial charge in [-0.15, -0.1) is 0 Å². The van der Waals surface area contributed by atoms with Gasteiger partial charge in [0.25, 0.3) is 0 Å². The van der Waals surface area contributed by atoms with E-state index in [-0.39, 0.29) is 11.2 Å². The number of fused-ring (bicyclic) bond motifs is 1. The number of imidazole rings is 1. The van der Waals surface area contributed by atoms with Crippen LogP contribution in [0.1, 0.15) is 12.5 Å². The lowest BCUT2D eigenvalue weighted by molar-refractivity contribution is -0.120. The summed E-state index contributed by atoms with van der Waals surface area (Å²) in [5.41, 5.74) is 2.75. The zero-order valence-corrected chi connectivity index (χ0v) is 16.4. The Bertz CT molecular complexity index is 942. The molecule has 2 aromatic carbocycles. The van der Waals surface area contributed by atoms with Gasteiger partial charge in [-0.05, 0) is 31.2 Å². The molecule has 0 fully saturated rings. The number of thioether (sulfide) groups is 1. The summed E-state index contributed by atoms with van der Waals surface area (Å²) in [5.74, 6) is 0.714. The summed E-state index contributed by atoms with van der Waals surface area (Å²) in [4.78, 5) is 17.1. The standard InChI is InChI=1S/C19H20ClN3O2S/c1-12(18(24)21-11-13-6-4-5-7-17(13)25-3)26-19-22-15-10-14(20)8-9-16(15)23(19)2/h4-10,12H,11H2,1-3H3,(H,21,24)/t12-/m1/s1. The van der Waals surface area contributed by atoms with Crippen molar-refractivity contribution in [1.29, 1.82) is 0 Å². The van der Waals surface area contributed by atoms with Gasteiger partial charge in [-0.25, -0.2) is 4.98 Å². The van der Waals surface area contributed by atoms with Gasteiger partial charge in [-0.3, -0.25) is 4.79 Å². The summed E-state index contributed by atoms with van der Waals surface area (Å²) in [7, 11) is 3.56. The molecule has 0 spiro atoms. The number of nitrogens with one attached hydrogen (secondary N) is 1. The average molecular weight is 390 g/mol. The lowest BCUT2D eigenvalue weighted by Gasteiger charge is -2.13. The number of hydrogen-bond acceptors (Lipinski definition) is 4. The second-order valence-electron chi connectivity index (χ2n) is 5.88. The van der Waals surface area contributed by atoms with Crippen molar-refractivity contribution in [3.63, 3.8) is 0 Å². The first-order chi connectivity index (χ1) is 12.5. The summed E-state index contributed by atoms with van der Waals surface area (Å²) in [6.07, 6.45) is 0. The van der Waals surface area contributed by atoms with Gasteiger partial charge in [0.2, 0.25) is 5.91 Å². The molecule has 1 aromatic heterocycles. The molecule has 0 aliphatic heterocycles. The van der Waals surface area contributed by atoms with Crippen LogP contribution in [0.25, 0.3) is 11.0 Å². The SMILES string of the molecule is COc1ccccc1CNC(=O)[C@@H](C)Sc1nc2cc(Cl)ccc2n1C. The number of nitrogens with zero attached hydrogens (tertiary/aromatic N) is 2. The molecule has 1 amide bonds. The minimum atomic E-state index is -0.282. The van der Waals surface area contributed by atoms with Gasteiger partial charge in [0, 0.05) is 24.2 Å². The number of ether oxygens (including phenoxy) is 1. The van der Waals surface area contributed by atoms with Crippen molar-refractivity contribution < 1.29 is 9.53 Å². The topological polar surface area (TPSA) is 56.1 Å². The number of benzene rings is 2. The Morgan fingerprint density at radius 3 is 2.88 bits per heavy atom. The molecule has 0 bridgehead atoms. The third-order valence-corrected chi connectivity index (χ3v) is 5.48. The van der Waals surface area contributed by atoms with Crippen molar-refractivity contribution in [2.45, 2.75) is 23.9 Å². The zero-order chi connectivity index (χ0) is 18.7. The third kappa shape index (κ3) is 3.97. The molecule has 0 saturated carbocycles. The van der Waals surface area contributed by atoms with Crippen LogP contribution >= 0.6 is 23.4 Å². The lowest BCUT2D eigenvalue weighted by Crippen LogP contribution is -2.30. The molecule has 5 nitrogen and oxygen atoms in total. The summed E-state index contributed by atoms with van der Waals surface area (Å²) < 4.78 is 7.28. The van der Waals surface area contributed by atoms with E-state index in [4.69, 9.17) is 16.3 Å². The third-order valence-electron chi connectivity index (χ3n) is 4.10. The monoisotopic (exact) mass is 389 g/mol. The highest BCUT2D eigenvalue weighted by Gasteiger charge is 2.18. The van der Waals surface area contributed by atoms with E-state index in [0.29, 0.717) is 11.6 Å². The Balaban J connectivity index is 1.67. The fraction of sp³-hybridized carbons (Fsp3) is 0.263. The van der Waals surface area contributed by atoms with Crippen molar-refractivity contribution in [2.75, 3.05) is 7.11 Å². The van der Waals surface area contributed by atoms with E-state index >= 15 is 0 Å². The fourth-order valence-corrected chi connectivity index (χ4v) is 3.72. The molecule has 7 heteroatoms. The van der Waals surface area contributed by atoms with E-state index in [0.717, 1.165) is 27.5 Å². The van der Waals surface area contributed by atoms with Crippen LogP contribution in [0.3, 0.4) is 0 Å². The highest BCUT2D eigenvalue weighted by molar-refractivity contribution is 8.00. The Hall–Kier alpha value is -2.18. The predicted octanol–water partition coefficient (Wildman–Crippen LogP) is 4.03. The fourth-order valence-electron chi connectivity index (χ4n) is 2.64. The summed E-state index contributed by atoms with van der Waals surface area (Å²) in [6, 6.07) is 13.2. The smallest absolute Gasteiger partial charge is 0.233 e. The molecule has 0 aliphatic carbocycles. The maximum atomic E-state index is 12.5. The number of para-hydroxylation sites is 1. The Morgan fingerprint density at radius 1 is 1.35 bits per heavy atom. The Morgan fingerprint density at radius 2 is 2.12 bits per heavy atom. The maximum absolute atomic E-state index is 12.5. The number of carbonyl (C=O) groups excluding carboxylic acids is 1. The molecule has 0 aliphatic rings. The molecule has 0 unspecified atom stereocenters. The molecule has 1 heterocycles. The van der Waals surface area contributed by atoms with Gasteiger partial charge in [0.15, 0.2) is 5.16 Å². The minimum absolute atomic E-state index is 0.0500. The van der Waals surface area contributed by atoms with Crippen LogP contribution in [0.5, 0.6) is 5.75 Å². The van der Waals surface area contributed by atoms with Crippen molar-refractivity contribution in [2.24, 2.45) is 7.05 Å². The molecular weight excluding hydrogens is 370 g/mol. The number of methoxy groups -OCH3 is 1. The molecular formula is C19H20ClN3O2S. The lowest BCUT2D eigenvalue weighted by atomic mass is 10.2. The molecule has 0 radical (unpaired) electrons. The first-order valence-electron chi connectivity index (χ1n) is 8.18. The van der Waals surface area contributed by atoms with Gasteiger partial charge in [-0.1, -0.05) is 41.6 Å². The molecule has 1 N–H and O–H groups in total. The van der Waals surface area contributed by atoms with Crippen LogP contribution in [0, 0.1) is 0 Å². The normalized spacial score (nSPS) is 12.2. The van der Waals surface area contributed by atoms with Gasteiger partial charge >= 0.3 is 0 Å². The summed E-state index contributed by atoms with van der Waals surface area (Å²) in [5, 5.41) is 4.10. The van der Waals surface area contributed by atoms with E-state index in [1.807, 2.05) is 61.0 Å². The molecule has 136 valence electrons. The van der Waals surface area contributed by atoms with E-state index in [2.05, 4.69) is 10.3 Å². The first-order valence-corrected chi connectivity index (χ1v) is 9.43. The highest BCUT2D eigenvalue weighted by Crippen LogP contribution is 2.28. The van der Waals surface area contributed by atoms with Gasteiger partial charge in [-0.2, -0.15) is 0 Å². The number of rotatable bonds is 6. The first kappa shape index (κ1) is 18.6. The van der Waals surface area contributed by atoms with Crippen LogP contribution < -0.4 is 10.1 Å². The van der Waals surface area contributed by atoms with E-state index in [9.17, 15) is 4.79 Å². The average Bonchev–Trinajstić information content (AvgIpc) is 2.94. The molecule has 26 heavy (non-hydrogen) atoms. The Kier molecular flexibility index (Phi) is 5.74. The molecule has 0 saturated heterocycles. The second-order valence-corrected chi connectivity index (χ2v) is 7.62. The zero-order valence-electron chi connectivity index (χ0n) is 14.8. The van der Waals surface area contributed by atoms with E-state index < -0.39 is 0 Å². The molecule has 3 aromatic rings. The number of amides is 1. The van der Waals surface area contributed by atoms with Crippen molar-refractivity contribution in [3.8, 4) is 5.75 Å². The van der Waals surface area contributed by atoms with Gasteiger partial charge in [0.1, 0.15) is 5.75 Å². The van der Waals surface area contributed by atoms with Crippen LogP contribution in [0.15, 0.2) is 47.6 Å². The minimum Gasteiger partial charge on any atom is -0.496 e. The maximum Gasteiger partial charge on any atom is 0.233 e. The van der Waals surface area contributed by atoms with Crippen molar-refractivity contribution >= 4 is 40.3 Å². The summed E-state index contributed by atoms with van der Waals surface area (Å²) in [6.45, 7) is 2.29. The quantitative estimate of drug-likeness (QED) is 0.646. The Labute approximate surface area is 161 Å². The summed E-state index contributed by atoms with van der Waals surface area (Å²) >= 11 is 7.45. The van der Waals surface area contributed by atoms with E-state index in [1.165, 1.54) is 11.8 Å². The van der Waals surface area contributed by atoms with Crippen LogP contribution in [0.2, 0.25) is 5.02 Å². The van der Waals surface area contributed by atoms with Gasteiger partial charge in [0.05, 0.1) is 23.4 Å². The molecule has 1 atom stereocenters. The largest absolute Gasteiger partial charge is 0.496 e. The van der Waals surface area contributed by atoms with Crippen LogP contribution in [0.4, 0.5) is 0 Å². The predicted molar refractivity (Wildman–Crippen MR) is 106 cm³/mol. The van der Waals surface area contributed by atoms with Crippen LogP contribution in [-0.4, -0.2) is 27.8 Å². The van der Waals surface area contributed by atoms with Crippen molar-refractivity contribution in [1.82, 2.24) is 14.9 Å². The van der Waals surface area contributed by atoms with Gasteiger partial charge < -0.3 is 14.6 Å².